The number of benzene rings is 1. The third kappa shape index (κ3) is 3.25. The number of aliphatic hydroxyl groups excluding tert-OH is 1. The minimum atomic E-state index is -0.272. The molecule has 1 aliphatic carbocycles. The van der Waals surface area contributed by atoms with Crippen molar-refractivity contribution in [2.24, 2.45) is 5.92 Å². The Morgan fingerprint density at radius 1 is 1.20 bits per heavy atom. The van der Waals surface area contributed by atoms with Crippen LogP contribution < -0.4 is 5.32 Å². The number of aromatic nitrogens is 3. The fourth-order valence-corrected chi connectivity index (χ4v) is 3.41. The van der Waals surface area contributed by atoms with Crippen LogP contribution in [-0.4, -0.2) is 31.7 Å². The Kier molecular flexibility index (Phi) is 4.19. The van der Waals surface area contributed by atoms with Gasteiger partial charge in [0, 0.05) is 6.20 Å². The van der Waals surface area contributed by atoms with Crippen LogP contribution in [0.25, 0.3) is 11.0 Å². The van der Waals surface area contributed by atoms with Gasteiger partial charge in [0.1, 0.15) is 6.54 Å². The van der Waals surface area contributed by atoms with E-state index >= 15 is 0 Å². The van der Waals surface area contributed by atoms with Gasteiger partial charge < -0.3 is 15.0 Å². The van der Waals surface area contributed by atoms with Gasteiger partial charge in [-0.25, -0.2) is 4.98 Å². The molecule has 2 aromatic heterocycles. The second-order valence-corrected chi connectivity index (χ2v) is 6.55. The molecule has 1 atom stereocenters. The second kappa shape index (κ2) is 6.64. The van der Waals surface area contributed by atoms with E-state index in [0.29, 0.717) is 12.8 Å². The molecule has 2 N–H and O–H groups in total. The third-order valence-electron chi connectivity index (χ3n) is 4.79. The van der Waals surface area contributed by atoms with Crippen molar-refractivity contribution in [3.63, 3.8) is 0 Å². The number of fused-ring (bicyclic) bond motifs is 1. The van der Waals surface area contributed by atoms with E-state index in [0.717, 1.165) is 16.7 Å². The van der Waals surface area contributed by atoms with E-state index in [1.807, 2.05) is 47.0 Å². The van der Waals surface area contributed by atoms with Gasteiger partial charge >= 0.3 is 0 Å². The Morgan fingerprint density at radius 2 is 2.00 bits per heavy atom. The number of amides is 1. The number of rotatable bonds is 5. The summed E-state index contributed by atoms with van der Waals surface area (Å²) in [5.41, 5.74) is 2.65. The molecule has 4 rings (SSSR count). The fourth-order valence-electron chi connectivity index (χ4n) is 3.41. The Morgan fingerprint density at radius 3 is 2.76 bits per heavy atom. The standard InChI is InChI=1S/C19H20N4O2/c24-14-9-13(10-14)19(16-6-3-4-8-20-16)22-18(25)11-23-12-21-15-5-1-2-7-17(15)23/h1-8,12-14,19,24H,9-11H2,(H,22,25). The number of pyridine rings is 1. The lowest BCUT2D eigenvalue weighted by molar-refractivity contribution is -0.123. The van der Waals surface area contributed by atoms with E-state index in [1.165, 1.54) is 0 Å². The molecule has 1 unspecified atom stereocenters. The number of carbonyl (C=O) groups excluding carboxylic acids is 1. The molecule has 0 saturated heterocycles. The van der Waals surface area contributed by atoms with Gasteiger partial charge in [-0.15, -0.1) is 0 Å². The van der Waals surface area contributed by atoms with Crippen molar-refractivity contribution in [3.8, 4) is 0 Å². The lowest BCUT2D eigenvalue weighted by atomic mass is 9.76. The molecule has 0 aliphatic heterocycles. The van der Waals surface area contributed by atoms with Gasteiger partial charge in [0.15, 0.2) is 0 Å². The molecule has 1 saturated carbocycles. The molecule has 3 aromatic rings. The van der Waals surface area contributed by atoms with Crippen molar-refractivity contribution in [2.45, 2.75) is 31.5 Å². The van der Waals surface area contributed by atoms with E-state index in [2.05, 4.69) is 15.3 Å². The molecule has 0 radical (unpaired) electrons. The summed E-state index contributed by atoms with van der Waals surface area (Å²) >= 11 is 0. The first-order valence-corrected chi connectivity index (χ1v) is 8.49. The minimum Gasteiger partial charge on any atom is -0.393 e. The van der Waals surface area contributed by atoms with Crippen LogP contribution in [0.3, 0.4) is 0 Å². The molecule has 1 fully saturated rings. The molecule has 1 aromatic carbocycles. The number of hydrogen-bond donors (Lipinski definition) is 2. The van der Waals surface area contributed by atoms with Gasteiger partial charge in [-0.05, 0) is 43.0 Å². The number of aliphatic hydroxyl groups is 1. The molecule has 1 aliphatic rings. The average molecular weight is 336 g/mol. The normalized spacial score (nSPS) is 20.8. The van der Waals surface area contributed by atoms with E-state index in [4.69, 9.17) is 0 Å². The van der Waals surface area contributed by atoms with Crippen molar-refractivity contribution >= 4 is 16.9 Å². The molecule has 6 heteroatoms. The summed E-state index contributed by atoms with van der Waals surface area (Å²) in [6, 6.07) is 13.3. The molecule has 128 valence electrons. The van der Waals surface area contributed by atoms with Gasteiger partial charge in [0.2, 0.25) is 5.91 Å². The molecule has 2 heterocycles. The van der Waals surface area contributed by atoms with Crippen LogP contribution in [0.5, 0.6) is 0 Å². The summed E-state index contributed by atoms with van der Waals surface area (Å²) in [5, 5.41) is 12.7. The maximum Gasteiger partial charge on any atom is 0.240 e. The summed E-state index contributed by atoms with van der Waals surface area (Å²) in [4.78, 5) is 21.3. The fraction of sp³-hybridized carbons (Fsp3) is 0.316. The maximum atomic E-state index is 12.6. The van der Waals surface area contributed by atoms with Crippen LogP contribution in [0.1, 0.15) is 24.6 Å². The lowest BCUT2D eigenvalue weighted by Crippen LogP contribution is -2.42. The summed E-state index contributed by atoms with van der Waals surface area (Å²) in [6.07, 6.45) is 4.52. The number of carbonyl (C=O) groups is 1. The van der Waals surface area contributed by atoms with Gasteiger partial charge in [-0.3, -0.25) is 9.78 Å². The van der Waals surface area contributed by atoms with Crippen LogP contribution in [0.4, 0.5) is 0 Å². The highest BCUT2D eigenvalue weighted by molar-refractivity contribution is 5.80. The van der Waals surface area contributed by atoms with E-state index < -0.39 is 0 Å². The lowest BCUT2D eigenvalue weighted by Gasteiger charge is -2.37. The van der Waals surface area contributed by atoms with E-state index in [-0.39, 0.29) is 30.5 Å². The van der Waals surface area contributed by atoms with Gasteiger partial charge in [0.05, 0.1) is 35.2 Å². The highest BCUT2D eigenvalue weighted by Crippen LogP contribution is 2.37. The zero-order chi connectivity index (χ0) is 17.2. The summed E-state index contributed by atoms with van der Waals surface area (Å²) in [6.45, 7) is 0.207. The van der Waals surface area contributed by atoms with E-state index in [1.54, 1.807) is 12.5 Å². The number of imidazole rings is 1. The maximum absolute atomic E-state index is 12.6. The van der Waals surface area contributed by atoms with Crippen LogP contribution in [0, 0.1) is 5.92 Å². The number of nitrogens with one attached hydrogen (secondary N) is 1. The number of nitrogens with zero attached hydrogens (tertiary/aromatic N) is 3. The minimum absolute atomic E-state index is 0.0832. The van der Waals surface area contributed by atoms with Crippen molar-refractivity contribution in [3.05, 3.63) is 60.7 Å². The highest BCUT2D eigenvalue weighted by atomic mass is 16.3. The zero-order valence-electron chi connectivity index (χ0n) is 13.7. The predicted octanol–water partition coefficient (Wildman–Crippen LogP) is 2.06. The van der Waals surface area contributed by atoms with Crippen LogP contribution >= 0.6 is 0 Å². The van der Waals surface area contributed by atoms with Crippen LogP contribution in [0.15, 0.2) is 55.0 Å². The summed E-state index contributed by atoms with van der Waals surface area (Å²) < 4.78 is 1.84. The average Bonchev–Trinajstić information content (AvgIpc) is 3.01. The molecular weight excluding hydrogens is 316 g/mol. The smallest absolute Gasteiger partial charge is 0.240 e. The second-order valence-electron chi connectivity index (χ2n) is 6.55. The van der Waals surface area contributed by atoms with Crippen molar-refractivity contribution in [2.75, 3.05) is 0 Å². The Labute approximate surface area is 145 Å². The van der Waals surface area contributed by atoms with Gasteiger partial charge in [0.25, 0.3) is 0 Å². The topological polar surface area (TPSA) is 80.0 Å². The largest absolute Gasteiger partial charge is 0.393 e. The first-order valence-electron chi connectivity index (χ1n) is 8.49. The number of para-hydroxylation sites is 2. The molecule has 0 spiro atoms. The number of hydrogen-bond acceptors (Lipinski definition) is 4. The highest BCUT2D eigenvalue weighted by Gasteiger charge is 2.36. The first-order chi connectivity index (χ1) is 12.2. The van der Waals surface area contributed by atoms with Crippen molar-refractivity contribution in [1.82, 2.24) is 19.9 Å². The predicted molar refractivity (Wildman–Crippen MR) is 93.6 cm³/mol. The first kappa shape index (κ1) is 15.8. The SMILES string of the molecule is O=C(Cn1cnc2ccccc21)NC(c1ccccn1)C1CC(O)C1. The van der Waals surface area contributed by atoms with Crippen molar-refractivity contribution < 1.29 is 9.90 Å². The molecular formula is C19H20N4O2. The quantitative estimate of drug-likeness (QED) is 0.747. The van der Waals surface area contributed by atoms with Gasteiger partial charge in [-0.1, -0.05) is 18.2 Å². The molecule has 0 bridgehead atoms. The van der Waals surface area contributed by atoms with Crippen LogP contribution in [-0.2, 0) is 11.3 Å². The van der Waals surface area contributed by atoms with Crippen LogP contribution in [0.2, 0.25) is 0 Å². The Bertz CT molecular complexity index is 871. The van der Waals surface area contributed by atoms with Crippen molar-refractivity contribution in [1.29, 1.82) is 0 Å². The zero-order valence-corrected chi connectivity index (χ0v) is 13.7. The van der Waals surface area contributed by atoms with Gasteiger partial charge in [-0.2, -0.15) is 0 Å². The molecule has 1 amide bonds. The monoisotopic (exact) mass is 336 g/mol. The molecule has 25 heavy (non-hydrogen) atoms. The Balaban J connectivity index is 1.50. The summed E-state index contributed by atoms with van der Waals surface area (Å²) in [5.74, 6) is 0.133. The summed E-state index contributed by atoms with van der Waals surface area (Å²) in [7, 11) is 0. The molecule has 6 nitrogen and oxygen atoms in total. The van der Waals surface area contributed by atoms with E-state index in [9.17, 15) is 9.90 Å². The Hall–Kier alpha value is -2.73. The third-order valence-corrected chi connectivity index (χ3v) is 4.79.